The van der Waals surface area contributed by atoms with E-state index >= 15 is 0 Å². The van der Waals surface area contributed by atoms with E-state index in [4.69, 9.17) is 10.5 Å². The predicted octanol–water partition coefficient (Wildman–Crippen LogP) is 2.78. The Labute approximate surface area is 146 Å². The molecular weight excluding hydrogens is 320 g/mol. The summed E-state index contributed by atoms with van der Waals surface area (Å²) in [6, 6.07) is 5.35. The monoisotopic (exact) mass is 344 g/mol. The zero-order valence-corrected chi connectivity index (χ0v) is 14.8. The zero-order chi connectivity index (χ0) is 18.2. The quantitative estimate of drug-likeness (QED) is 0.874. The standard InChI is InChI=1S/C18H24N4O3/c1-18(2,3)25-17(24)22-9-7-11(8-10-22)16-20-13-6-4-5-12(15(19)23)14(13)21-16/h4-6,11H,7-10H2,1-3H3,(H2,19,23)(H,20,21). The molecule has 0 saturated carbocycles. The van der Waals surface area contributed by atoms with Gasteiger partial charge in [-0.3, -0.25) is 4.79 Å². The van der Waals surface area contributed by atoms with Crippen molar-refractivity contribution in [2.45, 2.75) is 45.1 Å². The van der Waals surface area contributed by atoms with Crippen molar-refractivity contribution in [1.29, 1.82) is 0 Å². The highest BCUT2D eigenvalue weighted by atomic mass is 16.6. The maximum absolute atomic E-state index is 12.1. The summed E-state index contributed by atoms with van der Waals surface area (Å²) in [5, 5.41) is 0. The van der Waals surface area contributed by atoms with Crippen LogP contribution < -0.4 is 5.73 Å². The number of primary amides is 1. The van der Waals surface area contributed by atoms with Gasteiger partial charge in [0.2, 0.25) is 0 Å². The maximum atomic E-state index is 12.1. The molecule has 1 saturated heterocycles. The first kappa shape index (κ1) is 17.3. The van der Waals surface area contributed by atoms with Gasteiger partial charge >= 0.3 is 6.09 Å². The lowest BCUT2D eigenvalue weighted by Crippen LogP contribution is -2.41. The highest BCUT2D eigenvalue weighted by Gasteiger charge is 2.29. The second-order valence-electron chi connectivity index (χ2n) is 7.43. The fraction of sp³-hybridized carbons (Fsp3) is 0.500. The number of nitrogens with two attached hydrogens (primary N) is 1. The van der Waals surface area contributed by atoms with Gasteiger partial charge in [0.1, 0.15) is 16.9 Å². The summed E-state index contributed by atoms with van der Waals surface area (Å²) in [5.41, 5.74) is 6.77. The van der Waals surface area contributed by atoms with Crippen molar-refractivity contribution >= 4 is 23.0 Å². The summed E-state index contributed by atoms with van der Waals surface area (Å²) in [6.45, 7) is 6.84. The predicted molar refractivity (Wildman–Crippen MR) is 94.4 cm³/mol. The van der Waals surface area contributed by atoms with E-state index < -0.39 is 11.5 Å². The lowest BCUT2D eigenvalue weighted by Gasteiger charge is -2.32. The second kappa shape index (κ2) is 6.38. The molecule has 3 rings (SSSR count). The number of imidazole rings is 1. The minimum atomic E-state index is -0.488. The van der Waals surface area contributed by atoms with Gasteiger partial charge in [-0.25, -0.2) is 9.78 Å². The number of amides is 2. The first-order valence-corrected chi connectivity index (χ1v) is 8.51. The van der Waals surface area contributed by atoms with Crippen LogP contribution in [0.2, 0.25) is 0 Å². The molecule has 1 fully saturated rings. The lowest BCUT2D eigenvalue weighted by molar-refractivity contribution is 0.0203. The molecule has 0 aliphatic carbocycles. The van der Waals surface area contributed by atoms with Crippen LogP contribution in [0.25, 0.3) is 11.0 Å². The Bertz CT molecular complexity index is 798. The molecule has 0 bridgehead atoms. The third-order valence-corrected chi connectivity index (χ3v) is 4.33. The molecule has 1 aliphatic rings. The summed E-state index contributed by atoms with van der Waals surface area (Å²) >= 11 is 0. The number of carbonyl (C=O) groups is 2. The second-order valence-corrected chi connectivity index (χ2v) is 7.43. The number of rotatable bonds is 2. The van der Waals surface area contributed by atoms with Gasteiger partial charge in [0.25, 0.3) is 5.91 Å². The average molecular weight is 344 g/mol. The van der Waals surface area contributed by atoms with E-state index in [1.54, 1.807) is 17.0 Å². The first-order chi connectivity index (χ1) is 11.7. The van der Waals surface area contributed by atoms with Crippen LogP contribution in [0, 0.1) is 0 Å². The Kier molecular flexibility index (Phi) is 4.41. The number of benzene rings is 1. The molecule has 1 aromatic heterocycles. The van der Waals surface area contributed by atoms with Crippen molar-refractivity contribution in [1.82, 2.24) is 14.9 Å². The van der Waals surface area contributed by atoms with Crippen molar-refractivity contribution < 1.29 is 14.3 Å². The van der Waals surface area contributed by atoms with Crippen LogP contribution in [0.15, 0.2) is 18.2 Å². The molecule has 1 aromatic carbocycles. The highest BCUT2D eigenvalue weighted by molar-refractivity contribution is 6.04. The Morgan fingerprint density at radius 1 is 1.28 bits per heavy atom. The normalized spacial score (nSPS) is 16.2. The van der Waals surface area contributed by atoms with Crippen LogP contribution in [-0.4, -0.2) is 45.6 Å². The molecule has 2 aromatic rings. The number of aromatic nitrogens is 2. The number of H-pyrrole nitrogens is 1. The molecule has 7 heteroatoms. The van der Waals surface area contributed by atoms with Crippen LogP contribution in [-0.2, 0) is 4.74 Å². The van der Waals surface area contributed by atoms with E-state index in [2.05, 4.69) is 9.97 Å². The fourth-order valence-electron chi connectivity index (χ4n) is 3.11. The van der Waals surface area contributed by atoms with Crippen LogP contribution in [0.5, 0.6) is 0 Å². The van der Waals surface area contributed by atoms with Crippen molar-refractivity contribution in [3.05, 3.63) is 29.6 Å². The third kappa shape index (κ3) is 3.75. The smallest absolute Gasteiger partial charge is 0.410 e. The maximum Gasteiger partial charge on any atom is 0.410 e. The Hall–Kier alpha value is -2.57. The lowest BCUT2D eigenvalue weighted by atomic mass is 9.96. The number of hydrogen-bond acceptors (Lipinski definition) is 4. The number of aromatic amines is 1. The molecule has 0 spiro atoms. The van der Waals surface area contributed by atoms with Gasteiger partial charge in [-0.2, -0.15) is 0 Å². The van der Waals surface area contributed by atoms with Crippen molar-refractivity contribution in [2.24, 2.45) is 5.73 Å². The number of para-hydroxylation sites is 1. The van der Waals surface area contributed by atoms with E-state index in [1.807, 2.05) is 26.8 Å². The van der Waals surface area contributed by atoms with E-state index in [-0.39, 0.29) is 12.0 Å². The molecule has 0 unspecified atom stereocenters. The highest BCUT2D eigenvalue weighted by Crippen LogP contribution is 2.29. The Morgan fingerprint density at radius 2 is 1.96 bits per heavy atom. The SMILES string of the molecule is CC(C)(C)OC(=O)N1CCC(c2nc3c(C(N)=O)cccc3[nH]2)CC1. The Balaban J connectivity index is 1.71. The minimum Gasteiger partial charge on any atom is -0.444 e. The molecule has 134 valence electrons. The van der Waals surface area contributed by atoms with Crippen LogP contribution >= 0.6 is 0 Å². The number of hydrogen-bond donors (Lipinski definition) is 2. The third-order valence-electron chi connectivity index (χ3n) is 4.33. The molecular formula is C18H24N4O3. The number of likely N-dealkylation sites (tertiary alicyclic amines) is 1. The van der Waals surface area contributed by atoms with Crippen molar-refractivity contribution in [2.75, 3.05) is 13.1 Å². The average Bonchev–Trinajstić information content (AvgIpc) is 2.97. The van der Waals surface area contributed by atoms with Gasteiger partial charge in [-0.15, -0.1) is 0 Å². The van der Waals surface area contributed by atoms with Gasteiger partial charge < -0.3 is 20.4 Å². The number of nitrogens with one attached hydrogen (secondary N) is 1. The first-order valence-electron chi connectivity index (χ1n) is 8.51. The van der Waals surface area contributed by atoms with E-state index in [0.29, 0.717) is 24.2 Å². The van der Waals surface area contributed by atoms with Gasteiger partial charge in [0.05, 0.1) is 11.1 Å². The zero-order valence-electron chi connectivity index (χ0n) is 14.8. The molecule has 7 nitrogen and oxygen atoms in total. The van der Waals surface area contributed by atoms with Crippen LogP contribution in [0.3, 0.4) is 0 Å². The summed E-state index contributed by atoms with van der Waals surface area (Å²) < 4.78 is 5.42. The summed E-state index contributed by atoms with van der Waals surface area (Å²) in [6.07, 6.45) is 1.32. The molecule has 2 amide bonds. The summed E-state index contributed by atoms with van der Waals surface area (Å²) in [7, 11) is 0. The van der Waals surface area contributed by atoms with E-state index in [9.17, 15) is 9.59 Å². The minimum absolute atomic E-state index is 0.215. The van der Waals surface area contributed by atoms with E-state index in [0.717, 1.165) is 24.2 Å². The van der Waals surface area contributed by atoms with Crippen molar-refractivity contribution in [3.8, 4) is 0 Å². The largest absolute Gasteiger partial charge is 0.444 e. The van der Waals surface area contributed by atoms with Crippen LogP contribution in [0.1, 0.15) is 55.7 Å². The topological polar surface area (TPSA) is 101 Å². The summed E-state index contributed by atoms with van der Waals surface area (Å²) in [5.74, 6) is 0.572. The Morgan fingerprint density at radius 3 is 2.56 bits per heavy atom. The van der Waals surface area contributed by atoms with E-state index in [1.165, 1.54) is 0 Å². The molecule has 2 heterocycles. The molecule has 1 aliphatic heterocycles. The van der Waals surface area contributed by atoms with Gasteiger partial charge in [-0.05, 0) is 45.7 Å². The van der Waals surface area contributed by atoms with Crippen molar-refractivity contribution in [3.63, 3.8) is 0 Å². The number of ether oxygens (including phenoxy) is 1. The number of fused-ring (bicyclic) bond motifs is 1. The summed E-state index contributed by atoms with van der Waals surface area (Å²) in [4.78, 5) is 33.3. The van der Waals surface area contributed by atoms with Gasteiger partial charge in [-0.1, -0.05) is 6.07 Å². The van der Waals surface area contributed by atoms with Gasteiger partial charge in [0.15, 0.2) is 0 Å². The number of nitrogens with zero attached hydrogens (tertiary/aromatic N) is 2. The fourth-order valence-corrected chi connectivity index (χ4v) is 3.11. The molecule has 3 N–H and O–H groups in total. The van der Waals surface area contributed by atoms with Crippen LogP contribution in [0.4, 0.5) is 4.79 Å². The number of piperidine rings is 1. The molecule has 25 heavy (non-hydrogen) atoms. The van der Waals surface area contributed by atoms with Gasteiger partial charge in [0, 0.05) is 19.0 Å². The molecule has 0 radical (unpaired) electrons. The molecule has 0 atom stereocenters. The number of carbonyl (C=O) groups excluding carboxylic acids is 2.